The smallest absolute Gasteiger partial charge is 0.407 e. The Bertz CT molecular complexity index is 1510. The first-order valence-electron chi connectivity index (χ1n) is 24.6. The molecule has 0 spiro atoms. The molecule has 13 nitrogen and oxygen atoms in total. The van der Waals surface area contributed by atoms with Gasteiger partial charge < -0.3 is 44.8 Å². The van der Waals surface area contributed by atoms with Gasteiger partial charge in [-0.2, -0.15) is 0 Å². The molecular weight excluding hydrogens is 947 g/mol. The van der Waals surface area contributed by atoms with Gasteiger partial charge in [0.15, 0.2) is 0 Å². The van der Waals surface area contributed by atoms with E-state index in [1.54, 1.807) is 7.11 Å². The number of nitrogens with one attached hydrogen (secondary N) is 2. The van der Waals surface area contributed by atoms with Crippen LogP contribution in [0.1, 0.15) is 227 Å². The maximum absolute atomic E-state index is 11.3. The van der Waals surface area contributed by atoms with Crippen LogP contribution in [-0.2, 0) is 34.0 Å². The van der Waals surface area contributed by atoms with Gasteiger partial charge in [0.05, 0.1) is 39.1 Å². The first-order valence-corrected chi connectivity index (χ1v) is 24.6. The molecule has 0 fully saturated rings. The number of alkyl carbamates (subject to hydrolysis) is 2. The number of carbonyl (C=O) groups excluding carboxylic acids is 4. The van der Waals surface area contributed by atoms with Gasteiger partial charge in [0.25, 0.3) is 0 Å². The van der Waals surface area contributed by atoms with Crippen LogP contribution in [-0.4, -0.2) is 82.9 Å². The van der Waals surface area contributed by atoms with Crippen molar-refractivity contribution in [2.45, 2.75) is 254 Å². The Hall–Kier alpha value is -4.36. The number of methoxy groups -OCH3 is 3. The zero-order valence-corrected chi connectivity index (χ0v) is 48.1. The summed E-state index contributed by atoms with van der Waals surface area (Å²) in [6, 6.07) is 14.2. The van der Waals surface area contributed by atoms with E-state index >= 15 is 0 Å². The molecule has 0 aromatic heterocycles. The molecule has 2 amide bonds. The number of benzene rings is 2. The van der Waals surface area contributed by atoms with Crippen molar-refractivity contribution in [3.05, 3.63) is 59.2 Å². The van der Waals surface area contributed by atoms with E-state index in [-0.39, 0.29) is 87.4 Å². The summed E-state index contributed by atoms with van der Waals surface area (Å²) in [5.41, 5.74) is 9.09. The first-order chi connectivity index (χ1) is 31.5. The minimum atomic E-state index is -0.521. The Morgan fingerprint density at radius 2 is 1.08 bits per heavy atom. The summed E-state index contributed by atoms with van der Waals surface area (Å²) in [5, 5.41) is 5.13. The summed E-state index contributed by atoms with van der Waals surface area (Å²) in [7, 11) is 4.28. The van der Waals surface area contributed by atoms with E-state index in [0.717, 1.165) is 35.5 Å². The van der Waals surface area contributed by atoms with Crippen LogP contribution in [0.3, 0.4) is 0 Å². The van der Waals surface area contributed by atoms with Crippen LogP contribution in [0, 0.1) is 37.5 Å². The molecule has 75 heavy (non-hydrogen) atoms. The molecule has 2 aromatic rings. The average Bonchev–Trinajstić information content (AvgIpc) is 3.25. The van der Waals surface area contributed by atoms with E-state index in [9.17, 15) is 19.2 Å². The van der Waals surface area contributed by atoms with Crippen molar-refractivity contribution in [1.82, 2.24) is 10.6 Å². The number of amides is 2. The summed E-state index contributed by atoms with van der Waals surface area (Å²) in [4.78, 5) is 43.2. The molecule has 0 aliphatic rings. The predicted molar refractivity (Wildman–Crippen MR) is 333 cm³/mol. The highest BCUT2D eigenvalue weighted by Crippen LogP contribution is 2.39. The molecule has 0 radical (unpaired) electrons. The fourth-order valence-electron chi connectivity index (χ4n) is 5.61. The summed E-state index contributed by atoms with van der Waals surface area (Å²) in [6.07, 6.45) is 1.77. The van der Waals surface area contributed by atoms with Gasteiger partial charge in [-0.25, -0.2) is 9.59 Å². The lowest BCUT2D eigenvalue weighted by molar-refractivity contribution is -0.142. The molecule has 4 N–H and O–H groups in total. The van der Waals surface area contributed by atoms with Gasteiger partial charge in [0.1, 0.15) is 11.5 Å². The van der Waals surface area contributed by atoms with E-state index in [1.807, 2.05) is 126 Å². The molecule has 0 bridgehead atoms. The number of nitrogens with two attached hydrogens (primary N) is 1. The van der Waals surface area contributed by atoms with Gasteiger partial charge in [0.2, 0.25) is 0 Å². The molecule has 456 valence electrons. The lowest BCUT2D eigenvalue weighted by Gasteiger charge is -2.31. The third-order valence-corrected chi connectivity index (χ3v) is 8.77. The predicted octanol–water partition coefficient (Wildman–Crippen LogP) is 17.9. The summed E-state index contributed by atoms with van der Waals surface area (Å²) < 4.78 is 29.2. The van der Waals surface area contributed by atoms with E-state index in [0.29, 0.717) is 43.1 Å². The number of ether oxygens (including phenoxy) is 6. The second-order valence-electron chi connectivity index (χ2n) is 18.2. The van der Waals surface area contributed by atoms with Crippen molar-refractivity contribution in [3.63, 3.8) is 0 Å². The van der Waals surface area contributed by atoms with E-state index in [4.69, 9.17) is 19.9 Å². The fraction of sp³-hybridized carbons (Fsp3) is 0.742. The maximum Gasteiger partial charge on any atom is 0.407 e. The molecule has 0 aliphatic heterocycles. The number of esters is 2. The number of hydrogen-bond donors (Lipinski definition) is 3. The number of carbonyl (C=O) groups is 4. The highest BCUT2D eigenvalue weighted by Gasteiger charge is 2.28. The highest BCUT2D eigenvalue weighted by molar-refractivity contribution is 5.70. The largest absolute Gasteiger partial charge is 0.491 e. The Labute approximate surface area is 469 Å². The quantitative estimate of drug-likeness (QED) is 0.0880. The zero-order valence-electron chi connectivity index (χ0n) is 48.1. The van der Waals surface area contributed by atoms with Crippen LogP contribution in [0.25, 0.3) is 0 Å². The third-order valence-electron chi connectivity index (χ3n) is 8.77. The number of para-hydroxylation sites is 1. The molecule has 0 saturated heterocycles. The molecule has 0 aliphatic carbocycles. The highest BCUT2D eigenvalue weighted by atomic mass is 16.5. The molecule has 2 aromatic carbocycles. The number of rotatable bonds is 15. The summed E-state index contributed by atoms with van der Waals surface area (Å²) in [6.45, 7) is 47.0. The minimum Gasteiger partial charge on any atom is -0.491 e. The Balaban J connectivity index is -0.0000000566. The minimum absolute atomic E-state index is 0. The monoisotopic (exact) mass is 1080 g/mol. The van der Waals surface area contributed by atoms with Gasteiger partial charge in [-0.15, -0.1) is 0 Å². The van der Waals surface area contributed by atoms with Crippen LogP contribution in [0.2, 0.25) is 0 Å². The third kappa shape index (κ3) is 67.6. The van der Waals surface area contributed by atoms with Gasteiger partial charge in [0, 0.05) is 39.1 Å². The number of hydrogen-bond acceptors (Lipinski definition) is 11. The lowest BCUT2D eigenvalue weighted by atomic mass is 9.75. The maximum atomic E-state index is 11.3. The summed E-state index contributed by atoms with van der Waals surface area (Å²) >= 11 is 0. The van der Waals surface area contributed by atoms with Gasteiger partial charge in [-0.1, -0.05) is 180 Å². The topological polar surface area (TPSA) is 174 Å². The van der Waals surface area contributed by atoms with Crippen LogP contribution >= 0.6 is 0 Å². The Morgan fingerprint density at radius 3 is 1.36 bits per heavy atom. The van der Waals surface area contributed by atoms with Crippen molar-refractivity contribution in [2.24, 2.45) is 29.4 Å². The van der Waals surface area contributed by atoms with E-state index < -0.39 is 12.2 Å². The first kappa shape index (κ1) is 103. The molecule has 13 heteroatoms. The second-order valence-corrected chi connectivity index (χ2v) is 18.2. The molecule has 0 heterocycles. The molecule has 0 saturated carbocycles. The lowest BCUT2D eigenvalue weighted by Crippen LogP contribution is -2.46. The van der Waals surface area contributed by atoms with Crippen molar-refractivity contribution in [3.8, 4) is 11.5 Å². The molecular formula is C62H133N3O10. The molecule has 2 rings (SSSR count). The zero-order chi connectivity index (χ0) is 54.7. The van der Waals surface area contributed by atoms with E-state index in [1.165, 1.54) is 33.6 Å². The van der Waals surface area contributed by atoms with Gasteiger partial charge in [-0.3, -0.25) is 9.59 Å². The molecule has 2 unspecified atom stereocenters. The SMILES string of the molecule is C.C.C.C.C.C.C.CC.CC.CC(=O)OCC(C)C.CC(=O)Oc1cc(C)cc(C)c1C(C)(C)CC(C)C.CC(C)Oc1ccccc1.CCC(N)C(C)C.COC(=O)NCC(NC(=O)OC)C(C)C.COC(C)C. The van der Waals surface area contributed by atoms with Crippen molar-refractivity contribution in [1.29, 1.82) is 0 Å². The Morgan fingerprint density at radius 1 is 0.640 bits per heavy atom. The molecule has 2 atom stereocenters. The van der Waals surface area contributed by atoms with Gasteiger partial charge >= 0.3 is 24.1 Å². The Kier molecular flexibility index (Phi) is 87.9. The normalized spacial score (nSPS) is 9.88. The van der Waals surface area contributed by atoms with Crippen LogP contribution in [0.15, 0.2) is 42.5 Å². The van der Waals surface area contributed by atoms with Crippen LogP contribution in [0.5, 0.6) is 11.5 Å². The standard InChI is InChI=1S/C17H26O2.C9H18N2O4.C9H12O.C6H15N.C6H12O2.C4H10O.2C2H6.7CH4/c1-11(2)10-17(6,7)16-13(4)8-12(3)9-15(16)19-14(5)18;1-6(2)7(11-9(13)15-4)5-10-8(12)14-3;1-8(2)10-9-6-4-3-5-7-9;1-4-6(7)5(2)3;1-5(2)4-8-6(3)7;1-4(2)5-3;2*1-2;;;;;;;/h8-9,11H,10H2,1-7H3;6-7H,5H2,1-4H3,(H,10,12)(H,11,13);3-8H,1-2H3;5-6H,4,7H2,1-3H3;5H,4H2,1-3H3;4H,1-3H3;2*1-2H3;7*1H4. The van der Waals surface area contributed by atoms with Crippen molar-refractivity contribution >= 4 is 24.1 Å². The number of aryl methyl sites for hydroxylation is 2. The van der Waals surface area contributed by atoms with Gasteiger partial charge in [-0.05, 0) is 113 Å². The van der Waals surface area contributed by atoms with Crippen molar-refractivity contribution < 1.29 is 47.6 Å². The average molecular weight is 1080 g/mol. The van der Waals surface area contributed by atoms with Crippen molar-refractivity contribution in [2.75, 3.05) is 34.5 Å². The van der Waals surface area contributed by atoms with Crippen LogP contribution in [0.4, 0.5) is 9.59 Å². The van der Waals surface area contributed by atoms with Crippen LogP contribution < -0.4 is 25.8 Å². The van der Waals surface area contributed by atoms with E-state index in [2.05, 4.69) is 86.3 Å². The fourth-order valence-corrected chi connectivity index (χ4v) is 5.61. The second kappa shape index (κ2) is 63.9. The summed E-state index contributed by atoms with van der Waals surface area (Å²) in [5.74, 6) is 3.07.